The Labute approximate surface area is 153 Å². The molecule has 0 atom stereocenters. The number of anilines is 1. The van der Waals surface area contributed by atoms with Gasteiger partial charge >= 0.3 is 0 Å². The summed E-state index contributed by atoms with van der Waals surface area (Å²) in [5, 5.41) is 14.3. The van der Waals surface area contributed by atoms with E-state index in [-0.39, 0.29) is 0 Å². The number of aryl methyl sites for hydroxylation is 1. The summed E-state index contributed by atoms with van der Waals surface area (Å²) in [5.74, 6) is 0.199. The molecule has 4 nitrogen and oxygen atoms in total. The Bertz CT molecular complexity index is 852. The summed E-state index contributed by atoms with van der Waals surface area (Å²) in [6.45, 7) is 1.88. The zero-order valence-corrected chi connectivity index (χ0v) is 14.8. The number of nitrogens with one attached hydrogen (secondary N) is 1. The van der Waals surface area contributed by atoms with Gasteiger partial charge in [-0.05, 0) is 41.8 Å². The number of amides is 1. The van der Waals surface area contributed by atoms with E-state index in [0.717, 1.165) is 5.56 Å². The van der Waals surface area contributed by atoms with Crippen LogP contribution in [0.1, 0.15) is 16.7 Å². The Morgan fingerprint density at radius 2 is 1.46 bits per heavy atom. The number of carbonyl (C=O) groups excluding carboxylic acids is 1. The first-order chi connectivity index (χ1) is 12.6. The zero-order chi connectivity index (χ0) is 18.6. The van der Waals surface area contributed by atoms with E-state index in [1.807, 2.05) is 25.1 Å². The maximum Gasteiger partial charge on any atom is 0.265 e. The number of methoxy groups -OCH3 is 1. The van der Waals surface area contributed by atoms with Gasteiger partial charge in [-0.3, -0.25) is 4.79 Å². The lowest BCUT2D eigenvalue weighted by atomic mass is 9.85. The SMILES string of the molecule is COc1ccc(NC(=O)C(O)(c2ccccc2)c2ccccc2)c(C)c1. The van der Waals surface area contributed by atoms with Crippen molar-refractivity contribution in [2.75, 3.05) is 12.4 Å². The second kappa shape index (κ2) is 7.42. The topological polar surface area (TPSA) is 58.6 Å². The van der Waals surface area contributed by atoms with Crippen LogP contribution in [0.2, 0.25) is 0 Å². The van der Waals surface area contributed by atoms with Crippen LogP contribution in [-0.4, -0.2) is 18.1 Å². The van der Waals surface area contributed by atoms with Crippen molar-refractivity contribution >= 4 is 11.6 Å². The molecule has 0 aliphatic carbocycles. The third kappa shape index (κ3) is 3.32. The monoisotopic (exact) mass is 347 g/mol. The molecule has 132 valence electrons. The van der Waals surface area contributed by atoms with Gasteiger partial charge in [-0.15, -0.1) is 0 Å². The number of ether oxygens (including phenoxy) is 1. The van der Waals surface area contributed by atoms with Gasteiger partial charge in [0.25, 0.3) is 5.91 Å². The molecule has 0 bridgehead atoms. The first-order valence-electron chi connectivity index (χ1n) is 8.35. The van der Waals surface area contributed by atoms with Crippen LogP contribution in [0.5, 0.6) is 5.75 Å². The molecule has 2 N–H and O–H groups in total. The highest BCUT2D eigenvalue weighted by molar-refractivity contribution is 6.00. The number of aliphatic hydroxyl groups is 1. The molecule has 0 fully saturated rings. The predicted octanol–water partition coefficient (Wildman–Crippen LogP) is 3.88. The van der Waals surface area contributed by atoms with Gasteiger partial charge in [-0.25, -0.2) is 0 Å². The Morgan fingerprint density at radius 3 is 1.92 bits per heavy atom. The van der Waals surface area contributed by atoms with Crippen molar-refractivity contribution < 1.29 is 14.6 Å². The van der Waals surface area contributed by atoms with Crippen molar-refractivity contribution in [1.29, 1.82) is 0 Å². The van der Waals surface area contributed by atoms with Crippen LogP contribution in [0.15, 0.2) is 78.9 Å². The maximum atomic E-state index is 13.1. The lowest BCUT2D eigenvalue weighted by Gasteiger charge is -2.28. The van der Waals surface area contributed by atoms with Gasteiger partial charge in [0.1, 0.15) is 5.75 Å². The molecule has 0 saturated heterocycles. The van der Waals surface area contributed by atoms with Gasteiger partial charge in [0, 0.05) is 5.69 Å². The Hall–Kier alpha value is -3.11. The molecule has 0 radical (unpaired) electrons. The van der Waals surface area contributed by atoms with Crippen molar-refractivity contribution in [3.8, 4) is 5.75 Å². The summed E-state index contributed by atoms with van der Waals surface area (Å²) in [4.78, 5) is 13.1. The molecule has 3 aromatic rings. The quantitative estimate of drug-likeness (QED) is 0.736. The van der Waals surface area contributed by atoms with Crippen LogP contribution >= 0.6 is 0 Å². The van der Waals surface area contributed by atoms with Crippen LogP contribution in [0, 0.1) is 6.92 Å². The van der Waals surface area contributed by atoms with Gasteiger partial charge in [-0.2, -0.15) is 0 Å². The predicted molar refractivity (Wildman–Crippen MR) is 102 cm³/mol. The molecule has 0 spiro atoms. The van der Waals surface area contributed by atoms with E-state index >= 15 is 0 Å². The number of rotatable bonds is 5. The van der Waals surface area contributed by atoms with Gasteiger partial charge in [0.05, 0.1) is 7.11 Å². The lowest BCUT2D eigenvalue weighted by Crippen LogP contribution is -2.41. The Morgan fingerprint density at radius 1 is 0.923 bits per heavy atom. The van der Waals surface area contributed by atoms with Crippen molar-refractivity contribution in [2.24, 2.45) is 0 Å². The molecule has 1 amide bonds. The van der Waals surface area contributed by atoms with Gasteiger partial charge in [-0.1, -0.05) is 60.7 Å². The normalized spacial score (nSPS) is 11.0. The van der Waals surface area contributed by atoms with Crippen LogP contribution < -0.4 is 10.1 Å². The average molecular weight is 347 g/mol. The molecule has 0 aromatic heterocycles. The Balaban J connectivity index is 2.01. The summed E-state index contributed by atoms with van der Waals surface area (Å²) in [5.41, 5.74) is 0.696. The van der Waals surface area contributed by atoms with Gasteiger partial charge in [0.2, 0.25) is 0 Å². The molecular weight excluding hydrogens is 326 g/mol. The van der Waals surface area contributed by atoms with E-state index in [2.05, 4.69) is 5.32 Å². The van der Waals surface area contributed by atoms with E-state index in [0.29, 0.717) is 22.6 Å². The van der Waals surface area contributed by atoms with Crippen molar-refractivity contribution in [3.05, 3.63) is 95.6 Å². The van der Waals surface area contributed by atoms with E-state index < -0.39 is 11.5 Å². The molecule has 26 heavy (non-hydrogen) atoms. The lowest BCUT2D eigenvalue weighted by molar-refractivity contribution is -0.131. The van der Waals surface area contributed by atoms with Gasteiger partial charge < -0.3 is 15.2 Å². The Kier molecular flexibility index (Phi) is 5.05. The number of hydrogen-bond donors (Lipinski definition) is 2. The van der Waals surface area contributed by atoms with Crippen LogP contribution in [-0.2, 0) is 10.4 Å². The third-order valence-electron chi connectivity index (χ3n) is 4.39. The van der Waals surface area contributed by atoms with E-state index in [1.54, 1.807) is 67.8 Å². The highest BCUT2D eigenvalue weighted by Gasteiger charge is 2.40. The fourth-order valence-corrected chi connectivity index (χ4v) is 2.90. The minimum Gasteiger partial charge on any atom is -0.497 e. The zero-order valence-electron chi connectivity index (χ0n) is 14.8. The van der Waals surface area contributed by atoms with E-state index in [9.17, 15) is 9.90 Å². The summed E-state index contributed by atoms with van der Waals surface area (Å²) < 4.78 is 5.20. The fourth-order valence-electron chi connectivity index (χ4n) is 2.90. The molecule has 3 rings (SSSR count). The second-order valence-electron chi connectivity index (χ2n) is 6.08. The highest BCUT2D eigenvalue weighted by atomic mass is 16.5. The molecular formula is C22H21NO3. The van der Waals surface area contributed by atoms with Gasteiger partial charge in [0.15, 0.2) is 5.60 Å². The van der Waals surface area contributed by atoms with E-state index in [4.69, 9.17) is 4.74 Å². The van der Waals surface area contributed by atoms with Crippen LogP contribution in [0.3, 0.4) is 0 Å². The largest absolute Gasteiger partial charge is 0.497 e. The van der Waals surface area contributed by atoms with E-state index in [1.165, 1.54) is 0 Å². The van der Waals surface area contributed by atoms with Crippen molar-refractivity contribution in [3.63, 3.8) is 0 Å². The standard InChI is InChI=1S/C22H21NO3/c1-16-15-19(26-2)13-14-20(16)23-21(24)22(25,17-9-5-3-6-10-17)18-11-7-4-8-12-18/h3-15,25H,1-2H3,(H,23,24). The molecule has 0 heterocycles. The molecule has 0 aliphatic heterocycles. The highest BCUT2D eigenvalue weighted by Crippen LogP contribution is 2.32. The smallest absolute Gasteiger partial charge is 0.265 e. The first kappa shape index (κ1) is 17.7. The summed E-state index contributed by atoms with van der Waals surface area (Å²) in [7, 11) is 1.59. The maximum absolute atomic E-state index is 13.1. The molecule has 0 aliphatic rings. The minimum atomic E-state index is -1.80. The number of hydrogen-bond acceptors (Lipinski definition) is 3. The number of carbonyl (C=O) groups is 1. The minimum absolute atomic E-state index is 0.509. The van der Waals surface area contributed by atoms with Crippen molar-refractivity contribution in [2.45, 2.75) is 12.5 Å². The van der Waals surface area contributed by atoms with Crippen molar-refractivity contribution in [1.82, 2.24) is 0 Å². The summed E-state index contributed by atoms with van der Waals surface area (Å²) >= 11 is 0. The molecule has 0 saturated carbocycles. The summed E-state index contributed by atoms with van der Waals surface area (Å²) in [6, 6.07) is 23.2. The number of benzene rings is 3. The molecule has 0 unspecified atom stereocenters. The molecule has 4 heteroatoms. The fraction of sp³-hybridized carbons (Fsp3) is 0.136. The summed E-state index contributed by atoms with van der Waals surface area (Å²) in [6.07, 6.45) is 0. The van der Waals surface area contributed by atoms with Crippen LogP contribution in [0.25, 0.3) is 0 Å². The third-order valence-corrected chi connectivity index (χ3v) is 4.39. The first-order valence-corrected chi connectivity index (χ1v) is 8.35. The molecule has 3 aromatic carbocycles. The second-order valence-corrected chi connectivity index (χ2v) is 6.08. The average Bonchev–Trinajstić information content (AvgIpc) is 2.70. The van der Waals surface area contributed by atoms with Crippen LogP contribution in [0.4, 0.5) is 5.69 Å².